The molecule has 128 valence electrons. The highest BCUT2D eigenvalue weighted by atomic mass is 32.2. The molecular formula is C20H19NO3S. The fourth-order valence-electron chi connectivity index (χ4n) is 2.98. The van der Waals surface area contributed by atoms with Gasteiger partial charge in [-0.2, -0.15) is 0 Å². The minimum absolute atomic E-state index is 0.0401. The van der Waals surface area contributed by atoms with Gasteiger partial charge >= 0.3 is 5.97 Å². The van der Waals surface area contributed by atoms with Crippen molar-refractivity contribution in [3.8, 4) is 0 Å². The zero-order chi connectivity index (χ0) is 17.8. The molecule has 3 rings (SSSR count). The summed E-state index contributed by atoms with van der Waals surface area (Å²) in [5, 5.41) is -0.120. The topological polar surface area (TPSA) is 69.4 Å². The van der Waals surface area contributed by atoms with Crippen LogP contribution in [0.2, 0.25) is 0 Å². The van der Waals surface area contributed by atoms with E-state index in [1.54, 1.807) is 19.1 Å². The molecule has 0 fully saturated rings. The highest BCUT2D eigenvalue weighted by Gasteiger charge is 2.43. The van der Waals surface area contributed by atoms with Crippen LogP contribution < -0.4 is 5.73 Å². The quantitative estimate of drug-likeness (QED) is 0.658. The monoisotopic (exact) mass is 353 g/mol. The highest BCUT2D eigenvalue weighted by Crippen LogP contribution is 2.47. The smallest absolute Gasteiger partial charge is 0.337 e. The molecule has 2 unspecified atom stereocenters. The van der Waals surface area contributed by atoms with E-state index in [4.69, 9.17) is 10.5 Å². The van der Waals surface area contributed by atoms with Gasteiger partial charge in [-0.25, -0.2) is 4.79 Å². The van der Waals surface area contributed by atoms with Crippen molar-refractivity contribution >= 4 is 23.5 Å². The van der Waals surface area contributed by atoms with Gasteiger partial charge in [0.15, 0.2) is 5.78 Å². The van der Waals surface area contributed by atoms with Gasteiger partial charge in [-0.1, -0.05) is 72.4 Å². The lowest BCUT2D eigenvalue weighted by Crippen LogP contribution is -2.26. The summed E-state index contributed by atoms with van der Waals surface area (Å²) in [7, 11) is 0. The Balaban J connectivity index is 2.02. The maximum atomic E-state index is 13.0. The second-order valence-electron chi connectivity index (χ2n) is 5.66. The predicted molar refractivity (Wildman–Crippen MR) is 99.2 cm³/mol. The molecule has 2 N–H and O–H groups in total. The minimum Gasteiger partial charge on any atom is -0.463 e. The maximum Gasteiger partial charge on any atom is 0.337 e. The van der Waals surface area contributed by atoms with Crippen molar-refractivity contribution in [2.45, 2.75) is 18.1 Å². The number of Topliss-reactive ketones (excluding diaryl/α,β-unsaturated/α-hetero) is 1. The molecule has 0 amide bonds. The summed E-state index contributed by atoms with van der Waals surface area (Å²) >= 11 is 1.24. The van der Waals surface area contributed by atoms with Crippen LogP contribution in [0.15, 0.2) is 71.3 Å². The van der Waals surface area contributed by atoms with Gasteiger partial charge in [0.05, 0.1) is 22.5 Å². The third-order valence-electron chi connectivity index (χ3n) is 4.10. The van der Waals surface area contributed by atoms with E-state index in [2.05, 4.69) is 0 Å². The normalized spacial score (nSPS) is 19.7. The summed E-state index contributed by atoms with van der Waals surface area (Å²) < 4.78 is 5.18. The molecule has 5 heteroatoms. The number of esters is 1. The summed E-state index contributed by atoms with van der Waals surface area (Å²) in [6.45, 7) is 2.01. The van der Waals surface area contributed by atoms with Crippen molar-refractivity contribution in [3.05, 3.63) is 82.4 Å². The standard InChI is InChI=1S/C20H19NO3S/c1-2-24-20(23)16-15(13-9-5-3-6-10-13)18(25-19(16)21)17(22)14-11-7-4-8-12-14/h3-12,15,18H,2,21H2,1H3. The van der Waals surface area contributed by atoms with Crippen molar-refractivity contribution in [3.63, 3.8) is 0 Å². The molecule has 0 saturated carbocycles. The van der Waals surface area contributed by atoms with E-state index in [0.717, 1.165) is 5.56 Å². The Morgan fingerprint density at radius 2 is 1.64 bits per heavy atom. The van der Waals surface area contributed by atoms with Gasteiger partial charge in [-0.05, 0) is 12.5 Å². The van der Waals surface area contributed by atoms with Crippen LogP contribution in [-0.2, 0) is 9.53 Å². The number of nitrogens with two attached hydrogens (primary N) is 1. The number of thioether (sulfide) groups is 1. The molecule has 0 aliphatic carbocycles. The van der Waals surface area contributed by atoms with E-state index in [0.29, 0.717) is 16.2 Å². The van der Waals surface area contributed by atoms with Gasteiger partial charge in [-0.3, -0.25) is 4.79 Å². The van der Waals surface area contributed by atoms with E-state index in [1.165, 1.54) is 11.8 Å². The molecule has 4 nitrogen and oxygen atoms in total. The van der Waals surface area contributed by atoms with E-state index in [1.807, 2.05) is 48.5 Å². The molecule has 0 saturated heterocycles. The lowest BCUT2D eigenvalue weighted by Gasteiger charge is -2.20. The van der Waals surface area contributed by atoms with Crippen LogP contribution in [0.4, 0.5) is 0 Å². The molecule has 0 bridgehead atoms. The first-order valence-corrected chi connectivity index (χ1v) is 8.99. The van der Waals surface area contributed by atoms with Crippen molar-refractivity contribution in [1.29, 1.82) is 0 Å². The molecule has 2 aromatic rings. The average molecular weight is 353 g/mol. The van der Waals surface area contributed by atoms with Gasteiger partial charge in [-0.15, -0.1) is 0 Å². The van der Waals surface area contributed by atoms with Gasteiger partial charge < -0.3 is 10.5 Å². The minimum atomic E-state index is -0.482. The molecule has 1 aliphatic heterocycles. The number of rotatable bonds is 5. The molecule has 25 heavy (non-hydrogen) atoms. The molecule has 0 spiro atoms. The van der Waals surface area contributed by atoms with E-state index in [9.17, 15) is 9.59 Å². The van der Waals surface area contributed by atoms with Crippen LogP contribution in [0.3, 0.4) is 0 Å². The third kappa shape index (κ3) is 3.46. The molecule has 1 heterocycles. The Morgan fingerprint density at radius 3 is 2.24 bits per heavy atom. The highest BCUT2D eigenvalue weighted by molar-refractivity contribution is 8.04. The molecular weight excluding hydrogens is 334 g/mol. The first kappa shape index (κ1) is 17.3. The first-order valence-electron chi connectivity index (χ1n) is 8.11. The second-order valence-corrected chi connectivity index (χ2v) is 6.84. The van der Waals surface area contributed by atoms with Crippen LogP contribution in [0.25, 0.3) is 0 Å². The fourth-order valence-corrected chi connectivity index (χ4v) is 4.27. The molecule has 2 atom stereocenters. The van der Waals surface area contributed by atoms with Crippen LogP contribution in [0.1, 0.15) is 28.8 Å². The SMILES string of the molecule is CCOC(=O)C1=C(N)SC(C(=O)c2ccccc2)C1c1ccccc1. The summed E-state index contributed by atoms with van der Waals surface area (Å²) in [5.41, 5.74) is 8.01. The lowest BCUT2D eigenvalue weighted by molar-refractivity contribution is -0.138. The summed E-state index contributed by atoms with van der Waals surface area (Å²) in [6, 6.07) is 18.6. The van der Waals surface area contributed by atoms with E-state index < -0.39 is 17.1 Å². The van der Waals surface area contributed by atoms with Crippen LogP contribution in [0.5, 0.6) is 0 Å². The first-order chi connectivity index (χ1) is 12.1. The number of benzene rings is 2. The van der Waals surface area contributed by atoms with Gasteiger partial charge in [0.2, 0.25) is 0 Å². The van der Waals surface area contributed by atoms with Crippen LogP contribution in [0, 0.1) is 0 Å². The molecule has 0 aromatic heterocycles. The van der Waals surface area contributed by atoms with Crippen molar-refractivity contribution in [2.24, 2.45) is 5.73 Å². The Kier molecular flexibility index (Phi) is 5.24. The number of carbonyl (C=O) groups is 2. The number of hydrogen-bond acceptors (Lipinski definition) is 5. The third-order valence-corrected chi connectivity index (χ3v) is 5.32. The Labute approximate surface area is 151 Å². The van der Waals surface area contributed by atoms with Gasteiger partial charge in [0, 0.05) is 11.5 Å². The number of hydrogen-bond donors (Lipinski definition) is 1. The number of carbonyl (C=O) groups excluding carboxylic acids is 2. The lowest BCUT2D eigenvalue weighted by atomic mass is 9.85. The molecule has 0 radical (unpaired) electrons. The second kappa shape index (κ2) is 7.57. The summed E-state index contributed by atoms with van der Waals surface area (Å²) in [5.74, 6) is -0.913. The maximum absolute atomic E-state index is 13.0. The predicted octanol–water partition coefficient (Wildman–Crippen LogP) is 3.50. The average Bonchev–Trinajstić information content (AvgIpc) is 3.00. The van der Waals surface area contributed by atoms with Crippen LogP contribution in [-0.4, -0.2) is 23.6 Å². The van der Waals surface area contributed by atoms with Crippen molar-refractivity contribution in [2.75, 3.05) is 6.61 Å². The van der Waals surface area contributed by atoms with Crippen molar-refractivity contribution in [1.82, 2.24) is 0 Å². The zero-order valence-corrected chi connectivity index (χ0v) is 14.7. The Hall–Kier alpha value is -2.53. The van der Waals surface area contributed by atoms with Crippen LogP contribution >= 0.6 is 11.8 Å². The number of ether oxygens (including phenoxy) is 1. The summed E-state index contributed by atoms with van der Waals surface area (Å²) in [4.78, 5) is 25.5. The van der Waals surface area contributed by atoms with Gasteiger partial charge in [0.1, 0.15) is 0 Å². The number of ketones is 1. The zero-order valence-electron chi connectivity index (χ0n) is 13.8. The van der Waals surface area contributed by atoms with E-state index >= 15 is 0 Å². The van der Waals surface area contributed by atoms with Crippen molar-refractivity contribution < 1.29 is 14.3 Å². The van der Waals surface area contributed by atoms with E-state index in [-0.39, 0.29) is 12.4 Å². The Bertz CT molecular complexity index is 802. The fraction of sp³-hybridized carbons (Fsp3) is 0.200. The Morgan fingerprint density at radius 1 is 1.04 bits per heavy atom. The molecule has 1 aliphatic rings. The van der Waals surface area contributed by atoms with Gasteiger partial charge in [0.25, 0.3) is 0 Å². The summed E-state index contributed by atoms with van der Waals surface area (Å²) in [6.07, 6.45) is 0. The largest absolute Gasteiger partial charge is 0.463 e. The molecule has 2 aromatic carbocycles.